The molecule has 0 saturated carbocycles. The molecule has 0 fully saturated rings. The maximum atomic E-state index is 3.36. The summed E-state index contributed by atoms with van der Waals surface area (Å²) in [5.74, 6) is 0. The van der Waals surface area contributed by atoms with Crippen molar-refractivity contribution in [3.05, 3.63) is 96.6 Å². The summed E-state index contributed by atoms with van der Waals surface area (Å²) in [5, 5.41) is 0. The van der Waals surface area contributed by atoms with Gasteiger partial charge in [-0.15, -0.1) is 19.7 Å². The zero-order valence-corrected chi connectivity index (χ0v) is 14.3. The standard InChI is InChI=1S/C9H12.C7H8.C3H6.C2H4.CH4/c1-7-5-4-6-8(2)9(7)3;1-7-5-3-2-4-6-7;1-3-2;1-2;/h4-6H,1-3H3;2-6H,1H3;3H,1H2,2H3;1-2H2;1H4. The van der Waals surface area contributed by atoms with Gasteiger partial charge in [-0.3, -0.25) is 0 Å². The highest BCUT2D eigenvalue weighted by molar-refractivity contribution is 5.31. The summed E-state index contributed by atoms with van der Waals surface area (Å²) in [6.45, 7) is 19.8. The first-order chi connectivity index (χ1) is 10.0. The zero-order chi connectivity index (χ0) is 16.7. The molecule has 0 bridgehead atoms. The van der Waals surface area contributed by atoms with E-state index in [1.54, 1.807) is 6.08 Å². The Kier molecular flexibility index (Phi) is 19.2. The minimum absolute atomic E-state index is 0. The summed E-state index contributed by atoms with van der Waals surface area (Å²) in [7, 11) is 0. The van der Waals surface area contributed by atoms with Crippen molar-refractivity contribution in [3.8, 4) is 0 Å². The normalized spacial score (nSPS) is 7.50. The van der Waals surface area contributed by atoms with E-state index in [1.165, 1.54) is 22.3 Å². The predicted octanol–water partition coefficient (Wildman–Crippen LogP) is 7.24. The van der Waals surface area contributed by atoms with Gasteiger partial charge in [-0.2, -0.15) is 0 Å². The van der Waals surface area contributed by atoms with Gasteiger partial charge in [0, 0.05) is 0 Å². The first-order valence-electron chi connectivity index (χ1n) is 7.14. The Morgan fingerprint density at radius 2 is 1.09 bits per heavy atom. The minimum atomic E-state index is 0. The van der Waals surface area contributed by atoms with Crippen LogP contribution < -0.4 is 0 Å². The van der Waals surface area contributed by atoms with E-state index in [9.17, 15) is 0 Å². The lowest BCUT2D eigenvalue weighted by atomic mass is 10.1. The first kappa shape index (κ1) is 24.9. The van der Waals surface area contributed by atoms with Crippen LogP contribution >= 0.6 is 0 Å². The molecule has 0 aliphatic heterocycles. The largest absolute Gasteiger partial charge is 0.106 e. The van der Waals surface area contributed by atoms with Gasteiger partial charge < -0.3 is 0 Å². The fraction of sp³-hybridized carbons (Fsp3) is 0.273. The van der Waals surface area contributed by atoms with Crippen molar-refractivity contribution in [2.75, 3.05) is 0 Å². The predicted molar refractivity (Wildman–Crippen MR) is 106 cm³/mol. The van der Waals surface area contributed by atoms with Crippen molar-refractivity contribution in [1.82, 2.24) is 0 Å². The van der Waals surface area contributed by atoms with Gasteiger partial charge in [-0.25, -0.2) is 0 Å². The molecule has 2 aromatic rings. The maximum absolute atomic E-state index is 3.36. The molecule has 0 aliphatic rings. The third-order valence-electron chi connectivity index (χ3n) is 2.82. The molecule has 0 N–H and O–H groups in total. The van der Waals surface area contributed by atoms with Crippen molar-refractivity contribution < 1.29 is 0 Å². The summed E-state index contributed by atoms with van der Waals surface area (Å²) in [6.07, 6.45) is 1.75. The first-order valence-corrected chi connectivity index (χ1v) is 7.14. The molecular formula is C22H34. The molecule has 0 atom stereocenters. The van der Waals surface area contributed by atoms with Crippen LogP contribution in [0, 0.1) is 27.7 Å². The van der Waals surface area contributed by atoms with E-state index in [4.69, 9.17) is 0 Å². The van der Waals surface area contributed by atoms with Crippen molar-refractivity contribution in [2.24, 2.45) is 0 Å². The topological polar surface area (TPSA) is 0 Å². The van der Waals surface area contributed by atoms with Crippen molar-refractivity contribution in [2.45, 2.75) is 42.0 Å². The quantitative estimate of drug-likeness (QED) is 0.450. The average molecular weight is 299 g/mol. The SMILES string of the molecule is C.C=C.C=CC.Cc1cccc(C)c1C.Cc1ccccc1. The van der Waals surface area contributed by atoms with Crippen LogP contribution in [0.2, 0.25) is 0 Å². The second-order valence-electron chi connectivity index (χ2n) is 4.58. The van der Waals surface area contributed by atoms with Gasteiger partial charge in [-0.1, -0.05) is 67.6 Å². The Morgan fingerprint density at radius 3 is 1.32 bits per heavy atom. The molecule has 2 aromatic carbocycles. The molecule has 0 aromatic heterocycles. The molecule has 0 heterocycles. The summed E-state index contributed by atoms with van der Waals surface area (Å²) >= 11 is 0. The van der Waals surface area contributed by atoms with Crippen LogP contribution in [-0.4, -0.2) is 0 Å². The van der Waals surface area contributed by atoms with E-state index in [2.05, 4.69) is 77.8 Å². The number of hydrogen-bond acceptors (Lipinski definition) is 0. The molecule has 122 valence electrons. The average Bonchev–Trinajstić information content (AvgIpc) is 2.49. The van der Waals surface area contributed by atoms with E-state index in [1.807, 2.05) is 25.1 Å². The Morgan fingerprint density at radius 1 is 0.727 bits per heavy atom. The molecule has 22 heavy (non-hydrogen) atoms. The van der Waals surface area contributed by atoms with Crippen molar-refractivity contribution >= 4 is 0 Å². The molecule has 0 amide bonds. The molecule has 0 saturated heterocycles. The minimum Gasteiger partial charge on any atom is -0.106 e. The monoisotopic (exact) mass is 298 g/mol. The number of rotatable bonds is 0. The lowest BCUT2D eigenvalue weighted by Gasteiger charge is -2.00. The maximum Gasteiger partial charge on any atom is -0.0392 e. The Labute approximate surface area is 139 Å². The van der Waals surface area contributed by atoms with Gasteiger partial charge in [0.2, 0.25) is 0 Å². The Bertz CT molecular complexity index is 460. The highest BCUT2D eigenvalue weighted by Gasteiger charge is 1.91. The Hall–Kier alpha value is -2.08. The highest BCUT2D eigenvalue weighted by Crippen LogP contribution is 2.09. The van der Waals surface area contributed by atoms with Crippen molar-refractivity contribution in [1.29, 1.82) is 0 Å². The smallest absolute Gasteiger partial charge is 0.0392 e. The Balaban J connectivity index is -0.000000250. The van der Waals surface area contributed by atoms with E-state index in [-0.39, 0.29) is 7.43 Å². The van der Waals surface area contributed by atoms with Crippen LogP contribution in [0.15, 0.2) is 74.3 Å². The molecule has 0 radical (unpaired) electrons. The second-order valence-corrected chi connectivity index (χ2v) is 4.58. The third kappa shape index (κ3) is 12.9. The molecule has 0 aliphatic carbocycles. The third-order valence-corrected chi connectivity index (χ3v) is 2.82. The number of benzene rings is 2. The fourth-order valence-corrected chi connectivity index (χ4v) is 1.43. The number of hydrogen-bond donors (Lipinski definition) is 0. The lowest BCUT2D eigenvalue weighted by Crippen LogP contribution is -1.82. The summed E-state index contributed by atoms with van der Waals surface area (Å²) in [6, 6.07) is 16.6. The van der Waals surface area contributed by atoms with Crippen LogP contribution in [-0.2, 0) is 0 Å². The van der Waals surface area contributed by atoms with Gasteiger partial charge in [0.15, 0.2) is 0 Å². The molecule has 0 nitrogen and oxygen atoms in total. The van der Waals surface area contributed by atoms with E-state index in [0.29, 0.717) is 0 Å². The van der Waals surface area contributed by atoms with Gasteiger partial charge in [0.1, 0.15) is 0 Å². The summed E-state index contributed by atoms with van der Waals surface area (Å²) in [4.78, 5) is 0. The van der Waals surface area contributed by atoms with E-state index in [0.717, 1.165) is 0 Å². The van der Waals surface area contributed by atoms with Crippen LogP contribution in [0.1, 0.15) is 36.6 Å². The van der Waals surface area contributed by atoms with Gasteiger partial charge in [-0.05, 0) is 51.3 Å². The summed E-state index contributed by atoms with van der Waals surface area (Å²) < 4.78 is 0. The molecule has 2 rings (SSSR count). The molecular weight excluding hydrogens is 264 g/mol. The van der Waals surface area contributed by atoms with Crippen molar-refractivity contribution in [3.63, 3.8) is 0 Å². The second kappa shape index (κ2) is 17.0. The van der Waals surface area contributed by atoms with Gasteiger partial charge in [0.05, 0.1) is 0 Å². The number of aryl methyl sites for hydroxylation is 3. The van der Waals surface area contributed by atoms with Crippen LogP contribution in [0.25, 0.3) is 0 Å². The van der Waals surface area contributed by atoms with E-state index < -0.39 is 0 Å². The van der Waals surface area contributed by atoms with Crippen LogP contribution in [0.4, 0.5) is 0 Å². The molecule has 0 spiro atoms. The lowest BCUT2D eigenvalue weighted by molar-refractivity contribution is 1.27. The number of allylic oxidation sites excluding steroid dienone is 1. The zero-order valence-electron chi connectivity index (χ0n) is 14.3. The fourth-order valence-electron chi connectivity index (χ4n) is 1.43. The van der Waals surface area contributed by atoms with E-state index >= 15 is 0 Å². The van der Waals surface area contributed by atoms with Crippen LogP contribution in [0.3, 0.4) is 0 Å². The van der Waals surface area contributed by atoms with Gasteiger partial charge >= 0.3 is 0 Å². The van der Waals surface area contributed by atoms with Crippen LogP contribution in [0.5, 0.6) is 0 Å². The summed E-state index contributed by atoms with van der Waals surface area (Å²) in [5.41, 5.74) is 5.50. The molecule has 0 unspecified atom stereocenters. The highest BCUT2D eigenvalue weighted by atomic mass is 14.0. The molecule has 0 heteroatoms. The van der Waals surface area contributed by atoms with Gasteiger partial charge in [0.25, 0.3) is 0 Å².